The molecule has 0 aliphatic carbocycles. The van der Waals surface area contributed by atoms with Gasteiger partial charge in [0.25, 0.3) is 5.91 Å². The van der Waals surface area contributed by atoms with E-state index in [0.717, 1.165) is 5.57 Å². The monoisotopic (exact) mass is 185 g/mol. The van der Waals surface area contributed by atoms with Crippen LogP contribution in [0.2, 0.25) is 0 Å². The predicted octanol–water partition coefficient (Wildman–Crippen LogP) is 2.28. The Morgan fingerprint density at radius 2 is 2.08 bits per heavy atom. The van der Waals surface area contributed by atoms with E-state index in [-0.39, 0.29) is 0 Å². The van der Waals surface area contributed by atoms with Crippen LogP contribution in [0.15, 0.2) is 24.1 Å². The molecule has 0 spiro atoms. The molecule has 0 aromatic heterocycles. The van der Waals surface area contributed by atoms with Gasteiger partial charge in [-0.15, -0.1) is 0 Å². The van der Waals surface area contributed by atoms with Gasteiger partial charge in [-0.05, 0) is 20.8 Å². The Morgan fingerprint density at radius 1 is 1.54 bits per heavy atom. The van der Waals surface area contributed by atoms with Crippen LogP contribution in [-0.2, 0) is 4.79 Å². The first kappa shape index (κ1) is 11.9. The highest BCUT2D eigenvalue weighted by atomic mass is 19.1. The molecule has 0 N–H and O–H groups in total. The molecule has 0 radical (unpaired) electrons. The van der Waals surface area contributed by atoms with E-state index < -0.39 is 11.7 Å². The molecule has 3 heteroatoms. The lowest BCUT2D eigenvalue weighted by atomic mass is 10.3. The van der Waals surface area contributed by atoms with Crippen LogP contribution in [0.4, 0.5) is 4.39 Å². The maximum absolute atomic E-state index is 12.5. The van der Waals surface area contributed by atoms with Gasteiger partial charge >= 0.3 is 0 Å². The van der Waals surface area contributed by atoms with E-state index in [1.54, 1.807) is 6.92 Å². The first-order valence-corrected chi connectivity index (χ1v) is 4.26. The number of likely N-dealkylation sites (N-methyl/N-ethyl adjacent to an activating group) is 1. The Bertz CT molecular complexity index is 229. The van der Waals surface area contributed by atoms with Gasteiger partial charge in [0.1, 0.15) is 0 Å². The Labute approximate surface area is 78.7 Å². The number of carbonyl (C=O) groups is 1. The largest absolute Gasteiger partial charge is 0.333 e. The fourth-order valence-corrected chi connectivity index (χ4v) is 0.820. The molecule has 0 saturated heterocycles. The molecule has 0 aromatic rings. The van der Waals surface area contributed by atoms with Gasteiger partial charge in [-0.1, -0.05) is 18.2 Å². The molecule has 0 bridgehead atoms. The van der Waals surface area contributed by atoms with Crippen molar-refractivity contribution in [2.45, 2.75) is 20.8 Å². The molecular weight excluding hydrogens is 169 g/mol. The van der Waals surface area contributed by atoms with Crippen molar-refractivity contribution in [3.05, 3.63) is 24.1 Å². The highest BCUT2D eigenvalue weighted by Gasteiger charge is 2.12. The van der Waals surface area contributed by atoms with Crippen molar-refractivity contribution in [3.8, 4) is 0 Å². The summed E-state index contributed by atoms with van der Waals surface area (Å²) < 4.78 is 12.5. The van der Waals surface area contributed by atoms with Crippen molar-refractivity contribution < 1.29 is 9.18 Å². The molecule has 2 nitrogen and oxygen atoms in total. The van der Waals surface area contributed by atoms with Crippen molar-refractivity contribution in [1.82, 2.24) is 4.90 Å². The van der Waals surface area contributed by atoms with E-state index in [1.807, 2.05) is 19.9 Å². The van der Waals surface area contributed by atoms with E-state index >= 15 is 0 Å². The maximum atomic E-state index is 12.5. The summed E-state index contributed by atoms with van der Waals surface area (Å²) in [6.07, 6.45) is 1.88. The molecule has 0 unspecified atom stereocenters. The molecule has 0 aliphatic heterocycles. The van der Waals surface area contributed by atoms with Crippen LogP contribution in [0.5, 0.6) is 0 Å². The number of hydrogen-bond acceptors (Lipinski definition) is 1. The number of amides is 1. The van der Waals surface area contributed by atoms with Gasteiger partial charge < -0.3 is 4.90 Å². The Morgan fingerprint density at radius 3 is 2.38 bits per heavy atom. The Balaban J connectivity index is 4.27. The number of halogens is 1. The molecule has 74 valence electrons. The lowest BCUT2D eigenvalue weighted by Gasteiger charge is -2.17. The molecule has 0 aromatic carbocycles. The average molecular weight is 185 g/mol. The summed E-state index contributed by atoms with van der Waals surface area (Å²) in [5, 5.41) is 0. The van der Waals surface area contributed by atoms with E-state index in [1.165, 1.54) is 4.90 Å². The quantitative estimate of drug-likeness (QED) is 0.486. The molecule has 0 atom stereocenters. The fraction of sp³-hybridized carbons (Fsp3) is 0.500. The first-order chi connectivity index (χ1) is 5.99. The average Bonchev–Trinajstić information content (AvgIpc) is 2.04. The third-order valence-electron chi connectivity index (χ3n) is 1.62. The zero-order valence-electron chi connectivity index (χ0n) is 8.43. The topological polar surface area (TPSA) is 20.3 Å². The molecule has 0 saturated carbocycles. The number of carbonyl (C=O) groups excluding carboxylic acids is 1. The molecule has 13 heavy (non-hydrogen) atoms. The molecule has 0 fully saturated rings. The lowest BCUT2D eigenvalue weighted by Crippen LogP contribution is -2.31. The van der Waals surface area contributed by atoms with Crippen molar-refractivity contribution >= 4 is 5.91 Å². The van der Waals surface area contributed by atoms with E-state index in [2.05, 4.69) is 6.58 Å². The second-order valence-corrected chi connectivity index (χ2v) is 3.03. The standard InChI is InChI=1S/C10H16FNO/c1-5-12(7-6-8(2)3)10(13)9(4)11/h6H,4-5,7H2,1-3H3. The summed E-state index contributed by atoms with van der Waals surface area (Å²) in [4.78, 5) is 12.5. The normalized spacial score (nSPS) is 9.23. The number of nitrogens with zero attached hydrogens (tertiary/aromatic N) is 1. The van der Waals surface area contributed by atoms with Gasteiger partial charge in [-0.3, -0.25) is 4.79 Å². The number of hydrogen-bond donors (Lipinski definition) is 0. The molecule has 0 heterocycles. The van der Waals surface area contributed by atoms with Gasteiger partial charge in [0.15, 0.2) is 5.83 Å². The van der Waals surface area contributed by atoms with Crippen LogP contribution < -0.4 is 0 Å². The van der Waals surface area contributed by atoms with E-state index in [9.17, 15) is 9.18 Å². The minimum atomic E-state index is -0.899. The summed E-state index contributed by atoms with van der Waals surface area (Å²) in [7, 11) is 0. The zero-order valence-corrected chi connectivity index (χ0v) is 8.43. The minimum Gasteiger partial charge on any atom is -0.333 e. The smallest absolute Gasteiger partial charge is 0.282 e. The summed E-state index contributed by atoms with van der Waals surface area (Å²) in [6.45, 7) is 9.58. The second-order valence-electron chi connectivity index (χ2n) is 3.03. The highest BCUT2D eigenvalue weighted by Crippen LogP contribution is 2.01. The number of rotatable bonds is 4. The molecular formula is C10H16FNO. The first-order valence-electron chi connectivity index (χ1n) is 4.26. The maximum Gasteiger partial charge on any atom is 0.282 e. The van der Waals surface area contributed by atoms with E-state index in [0.29, 0.717) is 13.1 Å². The van der Waals surface area contributed by atoms with Gasteiger partial charge in [-0.2, -0.15) is 0 Å². The van der Waals surface area contributed by atoms with Crippen molar-refractivity contribution in [2.75, 3.05) is 13.1 Å². The Kier molecular flexibility index (Phi) is 5.04. The predicted molar refractivity (Wildman–Crippen MR) is 51.9 cm³/mol. The third-order valence-corrected chi connectivity index (χ3v) is 1.62. The van der Waals surface area contributed by atoms with Crippen LogP contribution in [0.1, 0.15) is 20.8 Å². The zero-order chi connectivity index (χ0) is 10.4. The lowest BCUT2D eigenvalue weighted by molar-refractivity contribution is -0.127. The highest BCUT2D eigenvalue weighted by molar-refractivity contribution is 5.90. The minimum absolute atomic E-state index is 0.445. The summed E-state index contributed by atoms with van der Waals surface area (Å²) >= 11 is 0. The van der Waals surface area contributed by atoms with Crippen LogP contribution in [0, 0.1) is 0 Å². The second kappa shape index (κ2) is 5.51. The van der Waals surface area contributed by atoms with Gasteiger partial charge in [-0.25, -0.2) is 4.39 Å². The molecule has 0 rings (SSSR count). The van der Waals surface area contributed by atoms with Crippen LogP contribution in [0.3, 0.4) is 0 Å². The van der Waals surface area contributed by atoms with E-state index in [4.69, 9.17) is 0 Å². The fourth-order valence-electron chi connectivity index (χ4n) is 0.820. The summed E-state index contributed by atoms with van der Waals surface area (Å²) in [5.74, 6) is -1.52. The molecule has 0 aliphatic rings. The van der Waals surface area contributed by atoms with Crippen LogP contribution >= 0.6 is 0 Å². The van der Waals surface area contributed by atoms with Gasteiger partial charge in [0, 0.05) is 13.1 Å². The van der Waals surface area contributed by atoms with Crippen molar-refractivity contribution in [3.63, 3.8) is 0 Å². The Hall–Kier alpha value is -1.12. The van der Waals surface area contributed by atoms with Crippen molar-refractivity contribution in [1.29, 1.82) is 0 Å². The van der Waals surface area contributed by atoms with Crippen molar-refractivity contribution in [2.24, 2.45) is 0 Å². The van der Waals surface area contributed by atoms with Gasteiger partial charge in [0.05, 0.1) is 0 Å². The van der Waals surface area contributed by atoms with Crippen LogP contribution in [0.25, 0.3) is 0 Å². The van der Waals surface area contributed by atoms with Crippen LogP contribution in [-0.4, -0.2) is 23.9 Å². The molecule has 1 amide bonds. The summed E-state index contributed by atoms with van der Waals surface area (Å²) in [6, 6.07) is 0. The summed E-state index contributed by atoms with van der Waals surface area (Å²) in [5.41, 5.74) is 1.11. The number of allylic oxidation sites excluding steroid dienone is 1. The SMILES string of the molecule is C=C(F)C(=O)N(CC)CC=C(C)C. The third kappa shape index (κ3) is 4.45. The van der Waals surface area contributed by atoms with Gasteiger partial charge in [0.2, 0.25) is 0 Å².